The quantitative estimate of drug-likeness (QED) is 0.504. The highest BCUT2D eigenvalue weighted by atomic mass is 16.2. The first-order valence-electron chi connectivity index (χ1n) is 8.27. The van der Waals surface area contributed by atoms with Crippen molar-refractivity contribution < 1.29 is 4.79 Å². The first-order valence-corrected chi connectivity index (χ1v) is 8.27. The van der Waals surface area contributed by atoms with E-state index < -0.39 is 0 Å². The lowest BCUT2D eigenvalue weighted by Crippen LogP contribution is -2.49. The summed E-state index contributed by atoms with van der Waals surface area (Å²) in [6, 6.07) is 0.731. The molecule has 0 spiro atoms. The van der Waals surface area contributed by atoms with Gasteiger partial charge in [-0.25, -0.2) is 0 Å². The summed E-state index contributed by atoms with van der Waals surface area (Å²) in [5, 5.41) is 9.22. The number of rotatable bonds is 6. The molecule has 0 atom stereocenters. The van der Waals surface area contributed by atoms with Crippen LogP contribution in [0.2, 0.25) is 0 Å². The molecule has 1 aliphatic carbocycles. The molecular weight excluding hydrogens is 278 g/mol. The van der Waals surface area contributed by atoms with Gasteiger partial charge in [0.15, 0.2) is 5.96 Å². The number of hydrogen-bond donors (Lipinski definition) is 3. The van der Waals surface area contributed by atoms with E-state index in [-0.39, 0.29) is 18.0 Å². The summed E-state index contributed by atoms with van der Waals surface area (Å²) in [6.45, 7) is 7.95. The monoisotopic (exact) mass is 311 g/mol. The minimum atomic E-state index is -0.209. The summed E-state index contributed by atoms with van der Waals surface area (Å²) in [4.78, 5) is 18.3. The molecule has 1 aliphatic rings. The van der Waals surface area contributed by atoms with Crippen molar-refractivity contribution in [1.29, 1.82) is 0 Å². The number of amides is 1. The molecule has 1 rings (SSSR count). The second-order valence-electron chi connectivity index (χ2n) is 7.07. The summed E-state index contributed by atoms with van der Waals surface area (Å²) in [5.74, 6) is 0.641. The minimum absolute atomic E-state index is 0.0291. The van der Waals surface area contributed by atoms with E-state index in [2.05, 4.69) is 32.9 Å². The molecule has 0 aliphatic heterocycles. The van der Waals surface area contributed by atoms with Gasteiger partial charge < -0.3 is 20.9 Å². The minimum Gasteiger partial charge on any atom is -0.355 e. The molecule has 0 unspecified atom stereocenters. The summed E-state index contributed by atoms with van der Waals surface area (Å²) in [7, 11) is 3.91. The summed E-state index contributed by atoms with van der Waals surface area (Å²) >= 11 is 0. The third-order valence-electron chi connectivity index (χ3n) is 3.86. The van der Waals surface area contributed by atoms with Crippen molar-refractivity contribution >= 4 is 11.9 Å². The van der Waals surface area contributed by atoms with Crippen LogP contribution in [0.3, 0.4) is 0 Å². The molecule has 6 nitrogen and oxygen atoms in total. The third kappa shape index (κ3) is 7.64. The van der Waals surface area contributed by atoms with Gasteiger partial charge in [-0.15, -0.1) is 0 Å². The highest BCUT2D eigenvalue weighted by Gasteiger charge is 2.19. The number of likely N-dealkylation sites (N-methyl/N-ethyl adjacent to an activating group) is 1. The molecule has 0 saturated heterocycles. The van der Waals surface area contributed by atoms with E-state index in [4.69, 9.17) is 0 Å². The first kappa shape index (κ1) is 18.7. The van der Waals surface area contributed by atoms with Crippen molar-refractivity contribution in [2.45, 2.75) is 58.0 Å². The Morgan fingerprint density at radius 3 is 2.41 bits per heavy atom. The fourth-order valence-electron chi connectivity index (χ4n) is 2.73. The van der Waals surface area contributed by atoms with E-state index in [0.29, 0.717) is 5.96 Å². The number of hydrogen-bond acceptors (Lipinski definition) is 3. The maximum atomic E-state index is 11.8. The van der Waals surface area contributed by atoms with E-state index in [9.17, 15) is 4.79 Å². The Morgan fingerprint density at radius 1 is 1.23 bits per heavy atom. The fraction of sp³-hybridized carbons (Fsp3) is 0.875. The lowest BCUT2D eigenvalue weighted by molar-refractivity contribution is -0.121. The molecule has 0 aromatic carbocycles. The van der Waals surface area contributed by atoms with Crippen LogP contribution < -0.4 is 16.0 Å². The van der Waals surface area contributed by atoms with Gasteiger partial charge in [0.2, 0.25) is 5.91 Å². The van der Waals surface area contributed by atoms with Crippen molar-refractivity contribution in [2.24, 2.45) is 4.99 Å². The van der Waals surface area contributed by atoms with Crippen LogP contribution in [0.4, 0.5) is 0 Å². The van der Waals surface area contributed by atoms with Crippen molar-refractivity contribution in [3.63, 3.8) is 0 Å². The van der Waals surface area contributed by atoms with E-state index in [1.54, 1.807) is 7.05 Å². The van der Waals surface area contributed by atoms with Crippen LogP contribution in [0.15, 0.2) is 4.99 Å². The van der Waals surface area contributed by atoms with Crippen molar-refractivity contribution in [2.75, 3.05) is 33.7 Å². The number of nitrogens with zero attached hydrogens (tertiary/aromatic N) is 2. The summed E-state index contributed by atoms with van der Waals surface area (Å²) in [6.07, 6.45) is 5.34. The molecule has 0 radical (unpaired) electrons. The Kier molecular flexibility index (Phi) is 7.65. The molecule has 3 N–H and O–H groups in total. The number of carbonyl (C=O) groups excluding carboxylic acids is 1. The molecule has 1 fully saturated rings. The molecule has 1 saturated carbocycles. The van der Waals surface area contributed by atoms with Crippen molar-refractivity contribution in [3.8, 4) is 0 Å². The zero-order valence-corrected chi connectivity index (χ0v) is 14.8. The number of carbonyl (C=O) groups is 1. The van der Waals surface area contributed by atoms with Gasteiger partial charge in [0.05, 0.1) is 6.54 Å². The number of aliphatic imine (C=N–C) groups is 1. The van der Waals surface area contributed by atoms with E-state index in [1.807, 2.05) is 20.8 Å². The first-order chi connectivity index (χ1) is 10.3. The van der Waals surface area contributed by atoms with E-state index in [0.717, 1.165) is 19.1 Å². The van der Waals surface area contributed by atoms with Crippen LogP contribution in [-0.4, -0.2) is 62.1 Å². The topological polar surface area (TPSA) is 68.8 Å². The highest BCUT2D eigenvalue weighted by molar-refractivity contribution is 5.86. The van der Waals surface area contributed by atoms with Crippen LogP contribution in [0.5, 0.6) is 0 Å². The molecule has 6 heteroatoms. The maximum Gasteiger partial charge on any atom is 0.239 e. The average Bonchev–Trinajstić information content (AvgIpc) is 2.94. The SMILES string of the molecule is CN=C(NCCN(C)C1CCCC1)NCC(=O)NC(C)(C)C. The van der Waals surface area contributed by atoms with Gasteiger partial charge in [-0.3, -0.25) is 9.79 Å². The van der Waals surface area contributed by atoms with Crippen LogP contribution in [0.25, 0.3) is 0 Å². The Morgan fingerprint density at radius 2 is 1.86 bits per heavy atom. The lowest BCUT2D eigenvalue weighted by atomic mass is 10.1. The summed E-state index contributed by atoms with van der Waals surface area (Å²) < 4.78 is 0. The second kappa shape index (κ2) is 8.98. The molecule has 0 aromatic rings. The predicted octanol–water partition coefficient (Wildman–Crippen LogP) is 0.941. The van der Waals surface area contributed by atoms with Gasteiger partial charge in [0.25, 0.3) is 0 Å². The Bertz CT molecular complexity index is 369. The van der Waals surface area contributed by atoms with Gasteiger partial charge >= 0.3 is 0 Å². The third-order valence-corrected chi connectivity index (χ3v) is 3.86. The van der Waals surface area contributed by atoms with Gasteiger partial charge in [0.1, 0.15) is 0 Å². The maximum absolute atomic E-state index is 11.8. The van der Waals surface area contributed by atoms with Crippen molar-refractivity contribution in [3.05, 3.63) is 0 Å². The van der Waals surface area contributed by atoms with Crippen LogP contribution >= 0.6 is 0 Å². The van der Waals surface area contributed by atoms with Gasteiger partial charge in [-0.2, -0.15) is 0 Å². The lowest BCUT2D eigenvalue weighted by Gasteiger charge is -2.24. The second-order valence-corrected chi connectivity index (χ2v) is 7.07. The fourth-order valence-corrected chi connectivity index (χ4v) is 2.73. The smallest absolute Gasteiger partial charge is 0.239 e. The van der Waals surface area contributed by atoms with Gasteiger partial charge in [0, 0.05) is 31.7 Å². The summed E-state index contributed by atoms with van der Waals surface area (Å²) in [5.41, 5.74) is -0.209. The molecule has 22 heavy (non-hydrogen) atoms. The number of nitrogens with one attached hydrogen (secondary N) is 3. The Hall–Kier alpha value is -1.30. The molecule has 0 aromatic heterocycles. The van der Waals surface area contributed by atoms with Crippen LogP contribution in [0, 0.1) is 0 Å². The highest BCUT2D eigenvalue weighted by Crippen LogP contribution is 2.21. The van der Waals surface area contributed by atoms with Crippen LogP contribution in [0.1, 0.15) is 46.5 Å². The van der Waals surface area contributed by atoms with E-state index >= 15 is 0 Å². The Balaban J connectivity index is 2.20. The molecule has 1 amide bonds. The Labute approximate surface area is 135 Å². The zero-order chi connectivity index (χ0) is 16.6. The molecular formula is C16H33N5O. The zero-order valence-electron chi connectivity index (χ0n) is 14.8. The average molecular weight is 311 g/mol. The van der Waals surface area contributed by atoms with Crippen LogP contribution in [-0.2, 0) is 4.79 Å². The van der Waals surface area contributed by atoms with Gasteiger partial charge in [-0.1, -0.05) is 12.8 Å². The molecule has 0 heterocycles. The van der Waals surface area contributed by atoms with Gasteiger partial charge in [-0.05, 0) is 40.7 Å². The number of guanidine groups is 1. The predicted molar refractivity (Wildman–Crippen MR) is 92.1 cm³/mol. The van der Waals surface area contributed by atoms with Crippen molar-refractivity contribution in [1.82, 2.24) is 20.9 Å². The largest absolute Gasteiger partial charge is 0.355 e. The molecule has 0 bridgehead atoms. The standard InChI is InChI=1S/C16H33N5O/c1-16(2,3)20-14(22)12-19-15(17-4)18-10-11-21(5)13-8-6-7-9-13/h13H,6-12H2,1-5H3,(H,20,22)(H2,17,18,19). The van der Waals surface area contributed by atoms with E-state index in [1.165, 1.54) is 25.7 Å². The normalized spacial score (nSPS) is 16.9. The molecule has 128 valence electrons.